The number of rotatable bonds is 1. The lowest BCUT2D eigenvalue weighted by molar-refractivity contribution is 0.0981. The Hall–Kier alpha value is -2.00. The monoisotopic (exact) mass is 328 g/mol. The Balaban J connectivity index is 0.00000156. The molecule has 4 rings (SSSR count). The van der Waals surface area contributed by atoms with E-state index in [9.17, 15) is 4.79 Å². The predicted octanol–water partition coefficient (Wildman–Crippen LogP) is 3.92. The number of carbonyl (C=O) groups is 1. The molecule has 0 aromatic heterocycles. The van der Waals surface area contributed by atoms with E-state index < -0.39 is 0 Å². The maximum absolute atomic E-state index is 13.0. The molecule has 0 saturated heterocycles. The SMILES string of the molecule is CC1Cc2ccccc2N(C(=O)c2ccc3c(c2)CCN3)C1.Cl. The Morgan fingerprint density at radius 1 is 1.17 bits per heavy atom. The van der Waals surface area contributed by atoms with Crippen LogP contribution in [-0.4, -0.2) is 19.0 Å². The van der Waals surface area contributed by atoms with E-state index in [1.165, 1.54) is 16.8 Å². The molecule has 0 radical (unpaired) electrons. The van der Waals surface area contributed by atoms with Crippen LogP contribution in [0, 0.1) is 5.92 Å². The summed E-state index contributed by atoms with van der Waals surface area (Å²) in [6.07, 6.45) is 2.05. The summed E-state index contributed by atoms with van der Waals surface area (Å²) in [6, 6.07) is 14.3. The number of fused-ring (bicyclic) bond motifs is 2. The molecule has 0 fully saturated rings. The summed E-state index contributed by atoms with van der Waals surface area (Å²) >= 11 is 0. The zero-order valence-corrected chi connectivity index (χ0v) is 14.0. The van der Waals surface area contributed by atoms with Crippen molar-refractivity contribution in [2.24, 2.45) is 5.92 Å². The smallest absolute Gasteiger partial charge is 0.258 e. The molecule has 120 valence electrons. The van der Waals surface area contributed by atoms with Crippen molar-refractivity contribution < 1.29 is 4.79 Å². The fraction of sp³-hybridized carbons (Fsp3) is 0.316. The lowest BCUT2D eigenvalue weighted by atomic mass is 9.93. The highest BCUT2D eigenvalue weighted by molar-refractivity contribution is 6.07. The maximum atomic E-state index is 13.0. The summed E-state index contributed by atoms with van der Waals surface area (Å²) in [6.45, 7) is 3.98. The van der Waals surface area contributed by atoms with Crippen LogP contribution in [0.15, 0.2) is 42.5 Å². The van der Waals surface area contributed by atoms with Gasteiger partial charge in [0.25, 0.3) is 5.91 Å². The lowest BCUT2D eigenvalue weighted by Gasteiger charge is -2.33. The van der Waals surface area contributed by atoms with Gasteiger partial charge in [-0.1, -0.05) is 25.1 Å². The molecule has 1 N–H and O–H groups in total. The van der Waals surface area contributed by atoms with Crippen molar-refractivity contribution in [2.75, 3.05) is 23.3 Å². The van der Waals surface area contributed by atoms with E-state index in [0.29, 0.717) is 5.92 Å². The molecule has 23 heavy (non-hydrogen) atoms. The third kappa shape index (κ3) is 2.81. The first-order valence-corrected chi connectivity index (χ1v) is 7.99. The van der Waals surface area contributed by atoms with Crippen LogP contribution in [0.1, 0.15) is 28.4 Å². The van der Waals surface area contributed by atoms with E-state index in [0.717, 1.165) is 37.2 Å². The lowest BCUT2D eigenvalue weighted by Crippen LogP contribution is -2.39. The van der Waals surface area contributed by atoms with Crippen molar-refractivity contribution in [3.05, 3.63) is 59.2 Å². The average molecular weight is 329 g/mol. The molecule has 1 unspecified atom stereocenters. The topological polar surface area (TPSA) is 32.3 Å². The average Bonchev–Trinajstić information content (AvgIpc) is 3.00. The number of benzene rings is 2. The van der Waals surface area contributed by atoms with Crippen LogP contribution >= 0.6 is 12.4 Å². The van der Waals surface area contributed by atoms with E-state index in [2.05, 4.69) is 36.5 Å². The molecule has 2 heterocycles. The molecular formula is C19H21ClN2O. The molecule has 0 bridgehead atoms. The summed E-state index contributed by atoms with van der Waals surface area (Å²) in [5, 5.41) is 3.34. The number of para-hydroxylation sites is 1. The molecule has 0 saturated carbocycles. The second kappa shape index (κ2) is 6.25. The standard InChI is InChI=1S/C19H20N2O.ClH/c1-13-10-15-4-2-3-5-18(15)21(12-13)19(22)16-6-7-17-14(11-16)8-9-20-17;/h2-7,11,13,20H,8-10,12H2,1H3;1H. The largest absolute Gasteiger partial charge is 0.384 e. The van der Waals surface area contributed by atoms with Gasteiger partial charge in [0, 0.05) is 30.0 Å². The van der Waals surface area contributed by atoms with Crippen molar-refractivity contribution in [3.63, 3.8) is 0 Å². The number of halogens is 1. The third-order valence-electron chi connectivity index (χ3n) is 4.65. The molecule has 0 aliphatic carbocycles. The van der Waals surface area contributed by atoms with Gasteiger partial charge in [0.05, 0.1) is 0 Å². The van der Waals surface area contributed by atoms with Gasteiger partial charge >= 0.3 is 0 Å². The van der Waals surface area contributed by atoms with Gasteiger partial charge in [-0.3, -0.25) is 4.79 Å². The van der Waals surface area contributed by atoms with E-state index in [1.54, 1.807) is 0 Å². The molecule has 2 aliphatic rings. The van der Waals surface area contributed by atoms with Gasteiger partial charge in [0.1, 0.15) is 0 Å². The first kappa shape index (κ1) is 15.9. The van der Waals surface area contributed by atoms with Crippen LogP contribution in [0.5, 0.6) is 0 Å². The molecule has 4 heteroatoms. The first-order chi connectivity index (χ1) is 10.7. The number of hydrogen-bond donors (Lipinski definition) is 1. The Morgan fingerprint density at radius 3 is 2.87 bits per heavy atom. The van der Waals surface area contributed by atoms with Crippen LogP contribution in [0.25, 0.3) is 0 Å². The van der Waals surface area contributed by atoms with Crippen molar-refractivity contribution in [1.82, 2.24) is 0 Å². The highest BCUT2D eigenvalue weighted by atomic mass is 35.5. The summed E-state index contributed by atoms with van der Waals surface area (Å²) in [4.78, 5) is 15.0. The molecule has 1 atom stereocenters. The zero-order valence-electron chi connectivity index (χ0n) is 13.2. The van der Waals surface area contributed by atoms with Gasteiger partial charge in [0.15, 0.2) is 0 Å². The number of nitrogens with one attached hydrogen (secondary N) is 1. The minimum atomic E-state index is 0. The summed E-state index contributed by atoms with van der Waals surface area (Å²) in [7, 11) is 0. The van der Waals surface area contributed by atoms with Crippen LogP contribution in [0.2, 0.25) is 0 Å². The van der Waals surface area contributed by atoms with E-state index in [4.69, 9.17) is 0 Å². The zero-order chi connectivity index (χ0) is 15.1. The minimum Gasteiger partial charge on any atom is -0.384 e. The highest BCUT2D eigenvalue weighted by Crippen LogP contribution is 2.31. The second-order valence-corrected chi connectivity index (χ2v) is 6.40. The van der Waals surface area contributed by atoms with Gasteiger partial charge < -0.3 is 10.2 Å². The summed E-state index contributed by atoms with van der Waals surface area (Å²) < 4.78 is 0. The molecule has 0 spiro atoms. The fourth-order valence-corrected chi connectivity index (χ4v) is 3.58. The molecule has 2 aromatic carbocycles. The van der Waals surface area contributed by atoms with Crippen molar-refractivity contribution >= 4 is 29.7 Å². The van der Waals surface area contributed by atoms with Crippen molar-refractivity contribution in [3.8, 4) is 0 Å². The number of anilines is 2. The quantitative estimate of drug-likeness (QED) is 0.860. The molecule has 3 nitrogen and oxygen atoms in total. The Kier molecular flexibility index (Phi) is 4.31. The molecule has 2 aliphatic heterocycles. The van der Waals surface area contributed by atoms with Crippen molar-refractivity contribution in [1.29, 1.82) is 0 Å². The van der Waals surface area contributed by atoms with Gasteiger partial charge in [-0.25, -0.2) is 0 Å². The Bertz CT molecular complexity index is 744. The first-order valence-electron chi connectivity index (χ1n) is 7.99. The number of carbonyl (C=O) groups excluding carboxylic acids is 1. The highest BCUT2D eigenvalue weighted by Gasteiger charge is 2.27. The summed E-state index contributed by atoms with van der Waals surface area (Å²) in [5.74, 6) is 0.614. The Labute approximate surface area is 143 Å². The van der Waals surface area contributed by atoms with Gasteiger partial charge in [-0.15, -0.1) is 12.4 Å². The van der Waals surface area contributed by atoms with Crippen LogP contribution in [0.3, 0.4) is 0 Å². The van der Waals surface area contributed by atoms with Crippen LogP contribution < -0.4 is 10.2 Å². The van der Waals surface area contributed by atoms with Crippen molar-refractivity contribution in [2.45, 2.75) is 19.8 Å². The van der Waals surface area contributed by atoms with Gasteiger partial charge in [-0.2, -0.15) is 0 Å². The maximum Gasteiger partial charge on any atom is 0.258 e. The van der Waals surface area contributed by atoms with E-state index in [1.807, 2.05) is 23.1 Å². The molecular weight excluding hydrogens is 308 g/mol. The van der Waals surface area contributed by atoms with Gasteiger partial charge in [0.2, 0.25) is 0 Å². The normalized spacial score (nSPS) is 18.5. The number of amides is 1. The summed E-state index contributed by atoms with van der Waals surface area (Å²) in [5.41, 5.74) is 5.57. The van der Waals surface area contributed by atoms with Crippen LogP contribution in [-0.2, 0) is 12.8 Å². The Morgan fingerprint density at radius 2 is 2.00 bits per heavy atom. The fourth-order valence-electron chi connectivity index (χ4n) is 3.58. The van der Waals surface area contributed by atoms with Crippen LogP contribution in [0.4, 0.5) is 11.4 Å². The second-order valence-electron chi connectivity index (χ2n) is 6.40. The van der Waals surface area contributed by atoms with E-state index >= 15 is 0 Å². The molecule has 2 aromatic rings. The van der Waals surface area contributed by atoms with Gasteiger partial charge in [-0.05, 0) is 54.2 Å². The number of hydrogen-bond acceptors (Lipinski definition) is 2. The third-order valence-corrected chi connectivity index (χ3v) is 4.65. The minimum absolute atomic E-state index is 0. The predicted molar refractivity (Wildman–Crippen MR) is 96.9 cm³/mol. The van der Waals surface area contributed by atoms with E-state index in [-0.39, 0.29) is 18.3 Å². The number of nitrogens with zero attached hydrogens (tertiary/aromatic N) is 1. The molecule has 1 amide bonds.